The molecule has 0 aliphatic heterocycles. The summed E-state index contributed by atoms with van der Waals surface area (Å²) >= 11 is 1.02. The molecule has 0 radical (unpaired) electrons. The van der Waals surface area contributed by atoms with Gasteiger partial charge in [-0.15, -0.1) is 0 Å². The zero-order chi connectivity index (χ0) is 15.8. The number of rotatable bonds is 6. The number of amides is 2. The van der Waals surface area contributed by atoms with Gasteiger partial charge in [0.05, 0.1) is 12.4 Å². The van der Waals surface area contributed by atoms with Crippen LogP contribution in [0.15, 0.2) is 24.3 Å². The second-order valence-corrected chi connectivity index (χ2v) is 5.99. The Bertz CT molecular complexity index is 474. The fourth-order valence-electron chi connectivity index (χ4n) is 1.62. The SMILES string of the molecule is CCC(SC(=O)NC(C)C)C(=O)Nc1ccc(OC)cc1. The summed E-state index contributed by atoms with van der Waals surface area (Å²) in [6.07, 6.45) is 0.582. The second kappa shape index (κ2) is 8.56. The number of carbonyl (C=O) groups excluding carboxylic acids is 2. The van der Waals surface area contributed by atoms with E-state index in [4.69, 9.17) is 4.74 Å². The molecule has 0 aliphatic carbocycles. The first-order valence-electron chi connectivity index (χ1n) is 6.88. The average Bonchev–Trinajstić information content (AvgIpc) is 2.44. The van der Waals surface area contributed by atoms with Crippen LogP contribution in [0.4, 0.5) is 10.5 Å². The van der Waals surface area contributed by atoms with Gasteiger partial charge in [-0.05, 0) is 44.5 Å². The van der Waals surface area contributed by atoms with Crippen LogP contribution in [0.5, 0.6) is 5.75 Å². The molecule has 6 heteroatoms. The molecule has 0 aliphatic rings. The molecule has 1 aromatic rings. The highest BCUT2D eigenvalue weighted by Gasteiger charge is 2.21. The first kappa shape index (κ1) is 17.4. The van der Waals surface area contributed by atoms with Crippen LogP contribution < -0.4 is 15.4 Å². The quantitative estimate of drug-likeness (QED) is 0.846. The highest BCUT2D eigenvalue weighted by Crippen LogP contribution is 2.20. The molecule has 0 heterocycles. The van der Waals surface area contributed by atoms with E-state index < -0.39 is 5.25 Å². The Labute approximate surface area is 129 Å². The molecule has 2 N–H and O–H groups in total. The molecule has 0 fully saturated rings. The van der Waals surface area contributed by atoms with Crippen LogP contribution in [0.1, 0.15) is 27.2 Å². The number of hydrogen-bond donors (Lipinski definition) is 2. The molecule has 5 nitrogen and oxygen atoms in total. The van der Waals surface area contributed by atoms with Crippen LogP contribution in [-0.4, -0.2) is 29.5 Å². The van der Waals surface area contributed by atoms with Crippen LogP contribution in [0.3, 0.4) is 0 Å². The number of ether oxygens (including phenoxy) is 1. The molecule has 0 saturated carbocycles. The van der Waals surface area contributed by atoms with Gasteiger partial charge in [0.1, 0.15) is 5.75 Å². The maximum Gasteiger partial charge on any atom is 0.280 e. The second-order valence-electron chi connectivity index (χ2n) is 4.82. The topological polar surface area (TPSA) is 67.4 Å². The van der Waals surface area contributed by atoms with Gasteiger partial charge in [0.15, 0.2) is 0 Å². The highest BCUT2D eigenvalue weighted by molar-refractivity contribution is 8.14. The monoisotopic (exact) mass is 310 g/mol. The summed E-state index contributed by atoms with van der Waals surface area (Å²) in [5.74, 6) is 0.553. The summed E-state index contributed by atoms with van der Waals surface area (Å²) in [7, 11) is 1.59. The lowest BCUT2D eigenvalue weighted by Gasteiger charge is -2.15. The summed E-state index contributed by atoms with van der Waals surface area (Å²) in [6, 6.07) is 7.14. The third-order valence-electron chi connectivity index (χ3n) is 2.68. The smallest absolute Gasteiger partial charge is 0.280 e. The van der Waals surface area contributed by atoms with E-state index in [0.29, 0.717) is 12.1 Å². The summed E-state index contributed by atoms with van der Waals surface area (Å²) in [5.41, 5.74) is 0.684. The van der Waals surface area contributed by atoms with Crippen LogP contribution >= 0.6 is 11.8 Å². The maximum atomic E-state index is 12.2. The Morgan fingerprint density at radius 3 is 2.33 bits per heavy atom. The van der Waals surface area contributed by atoms with E-state index in [1.165, 1.54) is 0 Å². The molecule has 1 atom stereocenters. The van der Waals surface area contributed by atoms with Crippen molar-refractivity contribution in [1.82, 2.24) is 5.32 Å². The fourth-order valence-corrected chi connectivity index (χ4v) is 2.51. The van der Waals surface area contributed by atoms with Gasteiger partial charge in [-0.1, -0.05) is 18.7 Å². The van der Waals surface area contributed by atoms with E-state index in [2.05, 4.69) is 10.6 Å². The average molecular weight is 310 g/mol. The van der Waals surface area contributed by atoms with Crippen molar-refractivity contribution >= 4 is 28.6 Å². The maximum absolute atomic E-state index is 12.2. The molecule has 1 rings (SSSR count). The Kier molecular flexibility index (Phi) is 7.08. The van der Waals surface area contributed by atoms with Crippen LogP contribution in [0.2, 0.25) is 0 Å². The number of anilines is 1. The van der Waals surface area contributed by atoms with Gasteiger partial charge >= 0.3 is 0 Å². The minimum absolute atomic E-state index is 0.0622. The van der Waals surface area contributed by atoms with Crippen molar-refractivity contribution < 1.29 is 14.3 Å². The van der Waals surface area contributed by atoms with Gasteiger partial charge in [0.2, 0.25) is 5.91 Å². The van der Waals surface area contributed by atoms with E-state index in [0.717, 1.165) is 17.5 Å². The summed E-state index contributed by atoms with van der Waals surface area (Å²) < 4.78 is 5.06. The number of methoxy groups -OCH3 is 1. The largest absolute Gasteiger partial charge is 0.497 e. The fraction of sp³-hybridized carbons (Fsp3) is 0.467. The predicted molar refractivity (Wildman–Crippen MR) is 87.0 cm³/mol. The lowest BCUT2D eigenvalue weighted by molar-refractivity contribution is -0.115. The van der Waals surface area contributed by atoms with Gasteiger partial charge in [-0.3, -0.25) is 9.59 Å². The molecule has 1 aromatic carbocycles. The molecule has 2 amide bonds. The van der Waals surface area contributed by atoms with Crippen LogP contribution in [0.25, 0.3) is 0 Å². The zero-order valence-electron chi connectivity index (χ0n) is 12.8. The lowest BCUT2D eigenvalue weighted by atomic mass is 10.2. The Balaban J connectivity index is 2.59. The van der Waals surface area contributed by atoms with Crippen molar-refractivity contribution in [2.75, 3.05) is 12.4 Å². The Hall–Kier alpha value is -1.69. The number of nitrogens with one attached hydrogen (secondary N) is 2. The van der Waals surface area contributed by atoms with E-state index in [1.54, 1.807) is 31.4 Å². The first-order valence-corrected chi connectivity index (χ1v) is 7.76. The van der Waals surface area contributed by atoms with Crippen molar-refractivity contribution in [3.63, 3.8) is 0 Å². The third-order valence-corrected chi connectivity index (χ3v) is 3.84. The molecule has 1 unspecified atom stereocenters. The standard InChI is InChI=1S/C15H22N2O3S/c1-5-13(21-15(19)16-10(2)3)14(18)17-11-6-8-12(20-4)9-7-11/h6-10,13H,5H2,1-4H3,(H,16,19)(H,17,18). The predicted octanol–water partition coefficient (Wildman–Crippen LogP) is 3.26. The van der Waals surface area contributed by atoms with E-state index in [1.807, 2.05) is 20.8 Å². The highest BCUT2D eigenvalue weighted by atomic mass is 32.2. The van der Waals surface area contributed by atoms with Gasteiger partial charge < -0.3 is 15.4 Å². The van der Waals surface area contributed by atoms with Gasteiger partial charge in [0, 0.05) is 11.7 Å². The van der Waals surface area contributed by atoms with Crippen LogP contribution in [0, 0.1) is 0 Å². The molecular weight excluding hydrogens is 288 g/mol. The van der Waals surface area contributed by atoms with E-state index in [-0.39, 0.29) is 17.2 Å². The summed E-state index contributed by atoms with van der Waals surface area (Å²) in [4.78, 5) is 23.9. The Morgan fingerprint density at radius 2 is 1.86 bits per heavy atom. The zero-order valence-corrected chi connectivity index (χ0v) is 13.6. The first-order chi connectivity index (χ1) is 9.96. The van der Waals surface area contributed by atoms with E-state index >= 15 is 0 Å². The molecule has 0 bridgehead atoms. The van der Waals surface area contributed by atoms with E-state index in [9.17, 15) is 9.59 Å². The minimum Gasteiger partial charge on any atom is -0.497 e. The molecule has 0 aromatic heterocycles. The molecule has 21 heavy (non-hydrogen) atoms. The normalized spacial score (nSPS) is 11.9. The Morgan fingerprint density at radius 1 is 1.24 bits per heavy atom. The van der Waals surface area contributed by atoms with Crippen molar-refractivity contribution in [2.24, 2.45) is 0 Å². The van der Waals surface area contributed by atoms with Crippen molar-refractivity contribution in [3.8, 4) is 5.75 Å². The summed E-state index contributed by atoms with van der Waals surface area (Å²) in [5, 5.41) is 4.99. The van der Waals surface area contributed by atoms with Crippen molar-refractivity contribution in [3.05, 3.63) is 24.3 Å². The number of benzene rings is 1. The summed E-state index contributed by atoms with van der Waals surface area (Å²) in [6.45, 7) is 5.65. The molecule has 0 spiro atoms. The minimum atomic E-state index is -0.411. The molecule has 116 valence electrons. The van der Waals surface area contributed by atoms with Gasteiger partial charge in [-0.2, -0.15) is 0 Å². The molecule has 0 saturated heterocycles. The van der Waals surface area contributed by atoms with Crippen molar-refractivity contribution in [2.45, 2.75) is 38.5 Å². The number of hydrogen-bond acceptors (Lipinski definition) is 4. The van der Waals surface area contributed by atoms with Crippen LogP contribution in [-0.2, 0) is 4.79 Å². The van der Waals surface area contributed by atoms with Crippen molar-refractivity contribution in [1.29, 1.82) is 0 Å². The third kappa shape index (κ3) is 6.08. The number of carbonyl (C=O) groups is 2. The molecular formula is C15H22N2O3S. The van der Waals surface area contributed by atoms with Gasteiger partial charge in [-0.25, -0.2) is 0 Å². The number of thioether (sulfide) groups is 1. The van der Waals surface area contributed by atoms with Gasteiger partial charge in [0.25, 0.3) is 5.24 Å². The lowest BCUT2D eigenvalue weighted by Crippen LogP contribution is -2.32.